The van der Waals surface area contributed by atoms with E-state index in [2.05, 4.69) is 87.9 Å². The number of aromatic nitrogens is 2. The van der Waals surface area contributed by atoms with Gasteiger partial charge in [-0.2, -0.15) is 11.3 Å². The van der Waals surface area contributed by atoms with Crippen molar-refractivity contribution in [1.82, 2.24) is 9.97 Å². The third kappa shape index (κ3) is 7.42. The van der Waals surface area contributed by atoms with Gasteiger partial charge in [0, 0.05) is 36.5 Å². The van der Waals surface area contributed by atoms with Crippen LogP contribution in [-0.2, 0) is 20.1 Å². The molecule has 3 heterocycles. The Labute approximate surface area is 299 Å². The van der Waals surface area contributed by atoms with Crippen molar-refractivity contribution in [3.05, 3.63) is 139 Å². The zero-order valence-electron chi connectivity index (χ0n) is 30.6. The fraction of sp³-hybridized carbons (Fsp3) is 0.171. The molecule has 46 heavy (non-hydrogen) atoms. The van der Waals surface area contributed by atoms with Gasteiger partial charge in [-0.3, -0.25) is 0 Å². The van der Waals surface area contributed by atoms with Crippen LogP contribution >= 0.6 is 11.3 Å². The number of rotatable bonds is 5. The molecule has 1 radical (unpaired) electrons. The Kier molecular flexibility index (Phi) is 9.12. The molecule has 233 valence electrons. The van der Waals surface area contributed by atoms with Crippen molar-refractivity contribution in [3.63, 3.8) is 0 Å². The van der Waals surface area contributed by atoms with Crippen LogP contribution in [-0.4, -0.2) is 23.2 Å². The van der Waals surface area contributed by atoms with Crippen LogP contribution in [0.5, 0.6) is 0 Å². The SMILES string of the molecule is [2H]C([2H])([2H])c1cnc(-c2[c-]ccc3c2sc2cc(-c4ccccc4)ccc23)cc1C([2H])(C)C.[CH3][Ge]([CH3])([CH3])[c]1ccc(-c2[c-]cccc2)nc1.[Ir]. The van der Waals surface area contributed by atoms with Crippen LogP contribution in [0.3, 0.4) is 0 Å². The quantitative estimate of drug-likeness (QED) is 0.127. The molecule has 4 aromatic carbocycles. The summed E-state index contributed by atoms with van der Waals surface area (Å²) in [5, 5.41) is 2.29. The van der Waals surface area contributed by atoms with Gasteiger partial charge in [0.15, 0.2) is 0 Å². The molecule has 3 aromatic heterocycles. The summed E-state index contributed by atoms with van der Waals surface area (Å²) in [6.45, 7) is 1.09. The first-order chi connectivity index (χ1) is 23.2. The topological polar surface area (TPSA) is 25.8 Å². The molecule has 0 N–H and O–H groups in total. The third-order valence-corrected chi connectivity index (χ3v) is 13.3. The number of thiophene rings is 1. The van der Waals surface area contributed by atoms with Crippen LogP contribution in [0.2, 0.25) is 17.3 Å². The molecule has 0 saturated carbocycles. The van der Waals surface area contributed by atoms with E-state index in [1.807, 2.05) is 54.7 Å². The minimum atomic E-state index is -2.32. The number of fused-ring (bicyclic) bond motifs is 3. The van der Waals surface area contributed by atoms with Crippen molar-refractivity contribution in [3.8, 4) is 33.6 Å². The molecule has 0 unspecified atom stereocenters. The molecule has 7 rings (SSSR count). The van der Waals surface area contributed by atoms with Crippen LogP contribution in [0, 0.1) is 19.0 Å². The molecule has 0 aliphatic carbocycles. The van der Waals surface area contributed by atoms with Gasteiger partial charge in [0.1, 0.15) is 0 Å². The van der Waals surface area contributed by atoms with Crippen molar-refractivity contribution in [2.45, 2.75) is 43.9 Å². The maximum atomic E-state index is 8.52. The van der Waals surface area contributed by atoms with Crippen molar-refractivity contribution in [2.75, 3.05) is 0 Å². The van der Waals surface area contributed by atoms with E-state index in [4.69, 9.17) is 5.48 Å². The van der Waals surface area contributed by atoms with E-state index < -0.39 is 26.0 Å². The second-order valence-corrected chi connectivity index (χ2v) is 24.1. The van der Waals surface area contributed by atoms with Gasteiger partial charge in [-0.25, -0.2) is 0 Å². The van der Waals surface area contributed by atoms with Crippen molar-refractivity contribution >= 4 is 49.2 Å². The predicted octanol–water partition coefficient (Wildman–Crippen LogP) is 11.1. The standard InChI is InChI=1S/C27H22NS.C14H16GeN.Ir/c1-17(2)24-15-25(28-16-18(24)3)23-11-7-10-22-21-13-12-20(14-26(21)29-27(22)23)19-8-5-4-6-9-19;1-15(2,3)13-9-10-14(16-11-13)12-7-5-4-6-8-12;/h4-10,12-17H,1-3H3;4-7,9-11H,1-3H3;/q2*-1;/i3D3,17D;;. The fourth-order valence-electron chi connectivity index (χ4n) is 5.30. The summed E-state index contributed by atoms with van der Waals surface area (Å²) >= 11 is -0.0301. The van der Waals surface area contributed by atoms with Crippen molar-refractivity contribution in [2.24, 2.45) is 0 Å². The van der Waals surface area contributed by atoms with Gasteiger partial charge in [0.05, 0.1) is 0 Å². The monoisotopic (exact) mass is 861 g/mol. The van der Waals surface area contributed by atoms with Gasteiger partial charge in [-0.05, 0) is 56.8 Å². The average Bonchev–Trinajstić information content (AvgIpc) is 3.46. The minimum Gasteiger partial charge on any atom is 0 e. The molecule has 0 aliphatic heterocycles. The summed E-state index contributed by atoms with van der Waals surface area (Å²) in [5.41, 5.74) is 6.47. The molecular formula is C41H38GeIrN2S-2. The van der Waals surface area contributed by atoms with Crippen LogP contribution in [0.4, 0.5) is 0 Å². The second kappa shape index (κ2) is 14.6. The summed E-state index contributed by atoms with van der Waals surface area (Å²) in [4.78, 5) is 9.04. The number of nitrogens with zero attached hydrogens (tertiary/aromatic N) is 2. The van der Waals surface area contributed by atoms with E-state index >= 15 is 0 Å². The second-order valence-electron chi connectivity index (χ2n) is 12.3. The molecule has 7 aromatic rings. The molecule has 0 saturated heterocycles. The first kappa shape index (κ1) is 28.8. The number of pyridine rings is 2. The van der Waals surface area contributed by atoms with Gasteiger partial charge in [-0.15, -0.1) is 23.8 Å². The Hall–Kier alpha value is -3.41. The Morgan fingerprint density at radius 2 is 1.54 bits per heavy atom. The molecule has 0 bridgehead atoms. The predicted molar refractivity (Wildman–Crippen MR) is 197 cm³/mol. The number of benzene rings is 4. The van der Waals surface area contributed by atoms with E-state index in [9.17, 15) is 0 Å². The first-order valence-corrected chi connectivity index (χ1v) is 23.2. The Morgan fingerprint density at radius 1 is 0.761 bits per heavy atom. The summed E-state index contributed by atoms with van der Waals surface area (Å²) in [6.07, 6.45) is 3.44. The molecule has 0 spiro atoms. The smallest absolute Gasteiger partial charge is 0 e. The van der Waals surface area contributed by atoms with Gasteiger partial charge in [-0.1, -0.05) is 67.8 Å². The molecular weight excluding hydrogens is 817 g/mol. The molecule has 5 heteroatoms. The van der Waals surface area contributed by atoms with Crippen LogP contribution in [0.1, 0.15) is 36.4 Å². The molecule has 0 fully saturated rings. The maximum absolute atomic E-state index is 8.52. The Bertz CT molecular complexity index is 2220. The van der Waals surface area contributed by atoms with E-state index in [-0.39, 0.29) is 25.7 Å². The zero-order chi connectivity index (χ0) is 35.0. The van der Waals surface area contributed by atoms with Crippen LogP contribution in [0.25, 0.3) is 53.8 Å². The normalized spacial score (nSPS) is 13.1. The summed E-state index contributed by atoms with van der Waals surface area (Å²) in [5.74, 6) is 6.07. The molecule has 2 nitrogen and oxygen atoms in total. The van der Waals surface area contributed by atoms with Gasteiger partial charge in [0.2, 0.25) is 0 Å². The third-order valence-electron chi connectivity index (χ3n) is 7.85. The molecule has 0 amide bonds. The van der Waals surface area contributed by atoms with E-state index in [1.54, 1.807) is 31.3 Å². The number of aryl methyl sites for hydroxylation is 1. The van der Waals surface area contributed by atoms with E-state index in [0.717, 1.165) is 26.9 Å². The van der Waals surface area contributed by atoms with E-state index in [0.29, 0.717) is 11.3 Å². The Morgan fingerprint density at radius 3 is 2.22 bits per heavy atom. The van der Waals surface area contributed by atoms with E-state index in [1.165, 1.54) is 31.8 Å². The first-order valence-electron chi connectivity index (χ1n) is 17.1. The fourth-order valence-corrected chi connectivity index (χ4v) is 8.72. The van der Waals surface area contributed by atoms with Crippen molar-refractivity contribution in [1.29, 1.82) is 0 Å². The Balaban J connectivity index is 0.000000241. The molecule has 0 atom stereocenters. The summed E-state index contributed by atoms with van der Waals surface area (Å²) in [7, 11) is 0. The van der Waals surface area contributed by atoms with Gasteiger partial charge in [0.25, 0.3) is 0 Å². The van der Waals surface area contributed by atoms with Crippen molar-refractivity contribution < 1.29 is 25.6 Å². The molecule has 0 aliphatic rings. The summed E-state index contributed by atoms with van der Waals surface area (Å²) in [6, 6.07) is 41.3. The minimum absolute atomic E-state index is 0. The maximum Gasteiger partial charge on any atom is 0 e. The zero-order valence-corrected chi connectivity index (χ0v) is 31.9. The largest absolute Gasteiger partial charge is 0 e. The average molecular weight is 860 g/mol. The van der Waals surface area contributed by atoms with Crippen LogP contribution in [0.15, 0.2) is 116 Å². The summed E-state index contributed by atoms with van der Waals surface area (Å²) < 4.78 is 35.8. The van der Waals surface area contributed by atoms with Crippen LogP contribution < -0.4 is 4.40 Å². The number of hydrogen-bond donors (Lipinski definition) is 0. The van der Waals surface area contributed by atoms with Gasteiger partial charge >= 0.3 is 99.8 Å². The van der Waals surface area contributed by atoms with Gasteiger partial charge < -0.3 is 4.98 Å². The number of hydrogen-bond acceptors (Lipinski definition) is 3.